The lowest BCUT2D eigenvalue weighted by molar-refractivity contribution is 0.0934. The molecule has 4 aromatic heterocycles. The normalized spacial score (nSPS) is 11.8. The molecule has 0 bridgehead atoms. The first-order valence-corrected chi connectivity index (χ1v) is 12.9. The van der Waals surface area contributed by atoms with Gasteiger partial charge in [-0.1, -0.05) is 36.3 Å². The predicted molar refractivity (Wildman–Crippen MR) is 150 cm³/mol. The number of hydrogen-bond donors (Lipinski definition) is 2. The average molecular weight is 518 g/mol. The number of benzene rings is 2. The van der Waals surface area contributed by atoms with Gasteiger partial charge in [0.2, 0.25) is 0 Å². The third kappa shape index (κ3) is 4.27. The van der Waals surface area contributed by atoms with Crippen LogP contribution in [0.5, 0.6) is 0 Å². The van der Waals surface area contributed by atoms with E-state index in [-0.39, 0.29) is 23.5 Å². The second kappa shape index (κ2) is 9.50. The zero-order chi connectivity index (χ0) is 26.2. The molecular formula is C29H23N7OS. The van der Waals surface area contributed by atoms with Crippen molar-refractivity contribution in [3.63, 3.8) is 0 Å². The van der Waals surface area contributed by atoms with E-state index in [0.29, 0.717) is 5.65 Å². The number of aryl methyl sites for hydroxylation is 1. The van der Waals surface area contributed by atoms with Crippen molar-refractivity contribution in [2.24, 2.45) is 7.05 Å². The van der Waals surface area contributed by atoms with Gasteiger partial charge in [0, 0.05) is 40.5 Å². The van der Waals surface area contributed by atoms with E-state index in [0.717, 1.165) is 38.0 Å². The lowest BCUT2D eigenvalue weighted by Crippen LogP contribution is -2.29. The monoisotopic (exact) mass is 517 g/mol. The smallest absolute Gasteiger partial charge is 0.274 e. The second-order valence-electron chi connectivity index (χ2n) is 8.91. The van der Waals surface area contributed by atoms with Crippen LogP contribution in [0.15, 0.2) is 78.4 Å². The topological polar surface area (TPSA) is 103 Å². The minimum absolute atomic E-state index is 0.140. The van der Waals surface area contributed by atoms with Crippen molar-refractivity contribution in [1.82, 2.24) is 29.7 Å². The Morgan fingerprint density at radius 3 is 2.74 bits per heavy atom. The molecule has 1 atom stereocenters. The molecule has 9 heteroatoms. The van der Waals surface area contributed by atoms with E-state index >= 15 is 0 Å². The van der Waals surface area contributed by atoms with Crippen LogP contribution in [0.25, 0.3) is 26.9 Å². The predicted octanol–water partition coefficient (Wildman–Crippen LogP) is 4.82. The van der Waals surface area contributed by atoms with Crippen LogP contribution < -0.4 is 11.1 Å². The van der Waals surface area contributed by atoms with E-state index in [9.17, 15) is 4.79 Å². The molecule has 0 fully saturated rings. The quantitative estimate of drug-likeness (QED) is 0.327. The highest BCUT2D eigenvalue weighted by atomic mass is 32.1. The molecule has 38 heavy (non-hydrogen) atoms. The molecule has 0 aliphatic rings. The van der Waals surface area contributed by atoms with Gasteiger partial charge in [-0.25, -0.2) is 9.50 Å². The van der Waals surface area contributed by atoms with E-state index in [1.807, 2.05) is 44.4 Å². The first-order chi connectivity index (χ1) is 18.5. The molecule has 1 amide bonds. The van der Waals surface area contributed by atoms with Gasteiger partial charge in [-0.05, 0) is 59.9 Å². The third-order valence-electron chi connectivity index (χ3n) is 6.32. The van der Waals surface area contributed by atoms with Gasteiger partial charge < -0.3 is 11.1 Å². The zero-order valence-electron chi connectivity index (χ0n) is 20.7. The minimum Gasteiger partial charge on any atom is -0.382 e. The summed E-state index contributed by atoms with van der Waals surface area (Å²) in [5, 5.41) is 14.8. The Balaban J connectivity index is 1.40. The highest BCUT2D eigenvalue weighted by Gasteiger charge is 2.22. The molecule has 0 saturated heterocycles. The van der Waals surface area contributed by atoms with E-state index < -0.39 is 0 Å². The number of carbonyl (C=O) groups is 1. The number of aromatic nitrogens is 5. The number of hydrogen-bond acceptors (Lipinski definition) is 6. The van der Waals surface area contributed by atoms with Crippen LogP contribution in [0.3, 0.4) is 0 Å². The van der Waals surface area contributed by atoms with Gasteiger partial charge in [0.05, 0.1) is 6.04 Å². The van der Waals surface area contributed by atoms with Crippen LogP contribution in [-0.2, 0) is 7.05 Å². The number of imidazole rings is 1. The van der Waals surface area contributed by atoms with Crippen molar-refractivity contribution in [1.29, 1.82) is 0 Å². The first kappa shape index (κ1) is 23.5. The number of amides is 1. The minimum atomic E-state index is -0.339. The van der Waals surface area contributed by atoms with Crippen molar-refractivity contribution >= 4 is 38.8 Å². The van der Waals surface area contributed by atoms with Crippen LogP contribution in [0.2, 0.25) is 0 Å². The standard InChI is InChI=1S/C29H23N7OS/c1-18(32-29(37)27-28(30)33-26-9-6-13-31-36(26)27)22-16-25-24(15-23(22)19-7-4-3-5-8-19)20(17-38-25)10-11-21-12-14-35(2)34-21/h3-9,12-18H,30H2,1-2H3,(H,32,37)/t18-/m1/s1. The second-order valence-corrected chi connectivity index (χ2v) is 9.82. The average Bonchev–Trinajstić information content (AvgIpc) is 3.62. The lowest BCUT2D eigenvalue weighted by atomic mass is 9.93. The van der Waals surface area contributed by atoms with Crippen LogP contribution >= 0.6 is 11.3 Å². The molecule has 0 aliphatic heterocycles. The molecule has 2 aromatic carbocycles. The third-order valence-corrected chi connectivity index (χ3v) is 7.26. The Kier molecular flexibility index (Phi) is 5.86. The number of fused-ring (bicyclic) bond motifs is 2. The Labute approximate surface area is 222 Å². The SMILES string of the molecule is C[C@@H](NC(=O)c1c(N)nc2cccnn12)c1cc2scc(C#Cc3ccn(C)n3)c2cc1-c1ccccc1. The van der Waals surface area contributed by atoms with Crippen LogP contribution in [0, 0.1) is 11.8 Å². The summed E-state index contributed by atoms with van der Waals surface area (Å²) < 4.78 is 4.29. The summed E-state index contributed by atoms with van der Waals surface area (Å²) in [6.45, 7) is 1.97. The van der Waals surface area contributed by atoms with Crippen molar-refractivity contribution in [3.8, 4) is 23.0 Å². The first-order valence-electron chi connectivity index (χ1n) is 12.0. The Morgan fingerprint density at radius 1 is 1.11 bits per heavy atom. The van der Waals surface area contributed by atoms with Gasteiger partial charge >= 0.3 is 0 Å². The number of rotatable bonds is 4. The van der Waals surface area contributed by atoms with Crippen LogP contribution in [0.1, 0.15) is 40.3 Å². The van der Waals surface area contributed by atoms with E-state index in [1.165, 1.54) is 4.52 Å². The lowest BCUT2D eigenvalue weighted by Gasteiger charge is -2.19. The number of nitrogens with one attached hydrogen (secondary N) is 1. The van der Waals surface area contributed by atoms with Crippen LogP contribution in [-0.4, -0.2) is 30.3 Å². The summed E-state index contributed by atoms with van der Waals surface area (Å²) in [6.07, 6.45) is 3.47. The number of nitrogens with zero attached hydrogens (tertiary/aromatic N) is 5. The fourth-order valence-corrected chi connectivity index (χ4v) is 5.41. The maximum atomic E-state index is 13.3. The highest BCUT2D eigenvalue weighted by Crippen LogP contribution is 2.36. The Bertz CT molecular complexity index is 1870. The number of thiophene rings is 1. The fraction of sp³-hybridized carbons (Fsp3) is 0.103. The largest absolute Gasteiger partial charge is 0.382 e. The Morgan fingerprint density at radius 2 is 1.95 bits per heavy atom. The summed E-state index contributed by atoms with van der Waals surface area (Å²) >= 11 is 1.63. The molecule has 3 N–H and O–H groups in total. The van der Waals surface area contributed by atoms with Crippen molar-refractivity contribution in [2.75, 3.05) is 5.73 Å². The van der Waals surface area contributed by atoms with E-state index in [4.69, 9.17) is 5.73 Å². The number of nitrogens with two attached hydrogens (primary N) is 1. The summed E-state index contributed by atoms with van der Waals surface area (Å²) in [7, 11) is 1.87. The molecular weight excluding hydrogens is 494 g/mol. The molecule has 0 saturated carbocycles. The van der Waals surface area contributed by atoms with E-state index in [2.05, 4.69) is 62.0 Å². The number of anilines is 1. The highest BCUT2D eigenvalue weighted by molar-refractivity contribution is 7.17. The molecule has 186 valence electrons. The molecule has 0 radical (unpaired) electrons. The molecule has 0 aliphatic carbocycles. The molecule has 0 spiro atoms. The van der Waals surface area contributed by atoms with Gasteiger partial charge in [-0.3, -0.25) is 9.48 Å². The maximum Gasteiger partial charge on any atom is 0.274 e. The number of nitrogen functional groups attached to an aromatic ring is 1. The molecule has 4 heterocycles. The Hall–Kier alpha value is -4.94. The maximum absolute atomic E-state index is 13.3. The summed E-state index contributed by atoms with van der Waals surface area (Å²) in [5.41, 5.74) is 11.6. The van der Waals surface area contributed by atoms with Crippen molar-refractivity contribution in [3.05, 3.63) is 101 Å². The molecule has 6 aromatic rings. The van der Waals surface area contributed by atoms with Gasteiger partial charge in [0.1, 0.15) is 5.69 Å². The summed E-state index contributed by atoms with van der Waals surface area (Å²) in [4.78, 5) is 17.6. The van der Waals surface area contributed by atoms with Crippen LogP contribution in [0.4, 0.5) is 5.82 Å². The molecule has 0 unspecified atom stereocenters. The van der Waals surface area contributed by atoms with Crippen molar-refractivity contribution < 1.29 is 4.79 Å². The van der Waals surface area contributed by atoms with E-state index in [1.54, 1.807) is 34.3 Å². The van der Waals surface area contributed by atoms with Gasteiger partial charge in [-0.2, -0.15) is 10.2 Å². The molecule has 6 rings (SSSR count). The summed E-state index contributed by atoms with van der Waals surface area (Å²) in [6, 6.07) is 19.5. The number of carbonyl (C=O) groups excluding carboxylic acids is 1. The van der Waals surface area contributed by atoms with Gasteiger partial charge in [0.25, 0.3) is 5.91 Å². The van der Waals surface area contributed by atoms with Crippen molar-refractivity contribution in [2.45, 2.75) is 13.0 Å². The van der Waals surface area contributed by atoms with Gasteiger partial charge in [-0.15, -0.1) is 11.3 Å². The molecule has 8 nitrogen and oxygen atoms in total. The summed E-state index contributed by atoms with van der Waals surface area (Å²) in [5.74, 6) is 6.24. The fourth-order valence-electron chi connectivity index (χ4n) is 4.49. The zero-order valence-corrected chi connectivity index (χ0v) is 21.5. The van der Waals surface area contributed by atoms with Gasteiger partial charge in [0.15, 0.2) is 17.2 Å².